The highest BCUT2D eigenvalue weighted by atomic mass is 32.1. The van der Waals surface area contributed by atoms with E-state index in [4.69, 9.17) is 4.74 Å². The molecule has 2 aliphatic heterocycles. The highest BCUT2D eigenvalue weighted by Gasteiger charge is 2.38. The Kier molecular flexibility index (Phi) is 4.55. The molecule has 0 N–H and O–H groups in total. The zero-order valence-electron chi connectivity index (χ0n) is 13.4. The lowest BCUT2D eigenvalue weighted by Gasteiger charge is -2.47. The van der Waals surface area contributed by atoms with Crippen LogP contribution >= 0.6 is 11.3 Å². The monoisotopic (exact) mass is 344 g/mol. The Bertz CT molecular complexity index is 679. The van der Waals surface area contributed by atoms with Crippen LogP contribution in [0.5, 0.6) is 0 Å². The normalized spacial score (nSPS) is 24.6. The number of carbonyl (C=O) groups is 1. The van der Waals surface area contributed by atoms with Crippen LogP contribution in [0.2, 0.25) is 0 Å². The van der Waals surface area contributed by atoms with Crippen LogP contribution < -0.4 is 0 Å². The molecule has 0 spiro atoms. The Balaban J connectivity index is 1.48. The fourth-order valence-electron chi connectivity index (χ4n) is 3.53. The van der Waals surface area contributed by atoms with Crippen molar-refractivity contribution in [3.63, 3.8) is 0 Å². The predicted molar refractivity (Wildman–Crippen MR) is 90.8 cm³/mol. The number of rotatable bonds is 3. The summed E-state index contributed by atoms with van der Waals surface area (Å²) < 4.78 is 5.96. The standard InChI is InChI=1S/C17H20N4O2S/c22-17(14-11-24-12-19-14)21-6-3-16-15(10-21)20(7-8-23-16)9-13-1-4-18-5-2-13/h1-2,4-5,11-12,15-16H,3,6-10H2/t15-,16-/m0/s1. The summed E-state index contributed by atoms with van der Waals surface area (Å²) in [7, 11) is 0. The molecule has 0 radical (unpaired) electrons. The van der Waals surface area contributed by atoms with Gasteiger partial charge in [-0.25, -0.2) is 4.98 Å². The summed E-state index contributed by atoms with van der Waals surface area (Å²) in [6.45, 7) is 3.95. The third-order valence-electron chi connectivity index (χ3n) is 4.77. The Labute approximate surface area is 145 Å². The van der Waals surface area contributed by atoms with E-state index in [9.17, 15) is 4.79 Å². The molecule has 24 heavy (non-hydrogen) atoms. The summed E-state index contributed by atoms with van der Waals surface area (Å²) >= 11 is 1.46. The summed E-state index contributed by atoms with van der Waals surface area (Å²) in [6.07, 6.45) is 4.74. The van der Waals surface area contributed by atoms with Gasteiger partial charge < -0.3 is 9.64 Å². The topological polar surface area (TPSA) is 58.6 Å². The third-order valence-corrected chi connectivity index (χ3v) is 5.36. The first-order valence-electron chi connectivity index (χ1n) is 8.23. The van der Waals surface area contributed by atoms with Crippen molar-refractivity contribution in [2.24, 2.45) is 0 Å². The van der Waals surface area contributed by atoms with Crippen molar-refractivity contribution in [2.75, 3.05) is 26.2 Å². The van der Waals surface area contributed by atoms with Crippen molar-refractivity contribution in [1.82, 2.24) is 19.8 Å². The maximum absolute atomic E-state index is 12.6. The van der Waals surface area contributed by atoms with Crippen LogP contribution in [0.25, 0.3) is 0 Å². The lowest BCUT2D eigenvalue weighted by atomic mass is 9.98. The number of carbonyl (C=O) groups excluding carboxylic acids is 1. The average Bonchev–Trinajstić information content (AvgIpc) is 3.17. The molecular weight excluding hydrogens is 324 g/mol. The first-order chi connectivity index (χ1) is 11.8. The van der Waals surface area contributed by atoms with Gasteiger partial charge in [0.15, 0.2) is 0 Å². The molecule has 0 saturated carbocycles. The van der Waals surface area contributed by atoms with Crippen molar-refractivity contribution < 1.29 is 9.53 Å². The number of amides is 1. The molecule has 126 valence electrons. The largest absolute Gasteiger partial charge is 0.375 e. The molecule has 2 atom stereocenters. The van der Waals surface area contributed by atoms with Crippen molar-refractivity contribution in [3.05, 3.63) is 46.7 Å². The van der Waals surface area contributed by atoms with Gasteiger partial charge in [-0.1, -0.05) is 0 Å². The van der Waals surface area contributed by atoms with E-state index in [1.807, 2.05) is 34.8 Å². The molecule has 0 aliphatic carbocycles. The molecule has 0 aromatic carbocycles. The molecule has 2 saturated heterocycles. The maximum atomic E-state index is 12.6. The van der Waals surface area contributed by atoms with Crippen LogP contribution in [0, 0.1) is 0 Å². The number of piperidine rings is 1. The number of thiazole rings is 1. The number of fused-ring (bicyclic) bond motifs is 1. The van der Waals surface area contributed by atoms with Gasteiger partial charge in [0.2, 0.25) is 0 Å². The number of aromatic nitrogens is 2. The number of pyridine rings is 1. The number of ether oxygens (including phenoxy) is 1. The van der Waals surface area contributed by atoms with Crippen LogP contribution in [0.3, 0.4) is 0 Å². The fraction of sp³-hybridized carbons (Fsp3) is 0.471. The number of likely N-dealkylation sites (tertiary alicyclic amines) is 1. The second-order valence-corrected chi connectivity index (χ2v) is 6.93. The van der Waals surface area contributed by atoms with Crippen LogP contribution in [-0.4, -0.2) is 64.1 Å². The van der Waals surface area contributed by atoms with E-state index in [2.05, 4.69) is 14.9 Å². The summed E-state index contributed by atoms with van der Waals surface area (Å²) in [6, 6.07) is 4.33. The predicted octanol–water partition coefficient (Wildman–Crippen LogP) is 1.65. The minimum absolute atomic E-state index is 0.0316. The van der Waals surface area contributed by atoms with Crippen molar-refractivity contribution in [3.8, 4) is 0 Å². The van der Waals surface area contributed by atoms with Gasteiger partial charge in [-0.15, -0.1) is 11.3 Å². The molecular formula is C17H20N4O2S. The molecule has 2 aromatic heterocycles. The van der Waals surface area contributed by atoms with E-state index in [0.29, 0.717) is 12.2 Å². The van der Waals surface area contributed by atoms with E-state index in [1.54, 1.807) is 5.51 Å². The Hall–Kier alpha value is -1.83. The Morgan fingerprint density at radius 1 is 1.33 bits per heavy atom. The minimum atomic E-state index is 0.0316. The molecule has 7 heteroatoms. The summed E-state index contributed by atoms with van der Waals surface area (Å²) in [5.41, 5.74) is 3.50. The molecule has 2 aromatic rings. The van der Waals surface area contributed by atoms with Crippen LogP contribution in [0.1, 0.15) is 22.5 Å². The number of morpholine rings is 1. The lowest BCUT2D eigenvalue weighted by molar-refractivity contribution is -0.101. The minimum Gasteiger partial charge on any atom is -0.375 e. The van der Waals surface area contributed by atoms with Gasteiger partial charge >= 0.3 is 0 Å². The van der Waals surface area contributed by atoms with E-state index in [1.165, 1.54) is 16.9 Å². The van der Waals surface area contributed by atoms with Gasteiger partial charge in [-0.3, -0.25) is 14.7 Å². The molecule has 2 fully saturated rings. The second kappa shape index (κ2) is 6.96. The van der Waals surface area contributed by atoms with Gasteiger partial charge in [0.25, 0.3) is 5.91 Å². The number of hydrogen-bond donors (Lipinski definition) is 0. The number of nitrogens with zero attached hydrogens (tertiary/aromatic N) is 4. The fourth-order valence-corrected chi connectivity index (χ4v) is 4.05. The number of hydrogen-bond acceptors (Lipinski definition) is 6. The SMILES string of the molecule is O=C(c1cscn1)N1CC[C@@H]2OCCN(Cc3ccncc3)[C@H]2C1. The second-order valence-electron chi connectivity index (χ2n) is 6.22. The zero-order chi connectivity index (χ0) is 16.4. The first-order valence-corrected chi connectivity index (χ1v) is 9.17. The van der Waals surface area contributed by atoms with E-state index >= 15 is 0 Å². The van der Waals surface area contributed by atoms with Crippen LogP contribution in [0.15, 0.2) is 35.4 Å². The van der Waals surface area contributed by atoms with Crippen LogP contribution in [0.4, 0.5) is 0 Å². The average molecular weight is 344 g/mol. The molecule has 6 nitrogen and oxygen atoms in total. The highest BCUT2D eigenvalue weighted by Crippen LogP contribution is 2.25. The lowest BCUT2D eigenvalue weighted by Crippen LogP contribution is -2.60. The first kappa shape index (κ1) is 15.7. The maximum Gasteiger partial charge on any atom is 0.273 e. The van der Waals surface area contributed by atoms with E-state index in [0.717, 1.165) is 32.7 Å². The Morgan fingerprint density at radius 3 is 3.00 bits per heavy atom. The smallest absolute Gasteiger partial charge is 0.273 e. The van der Waals surface area contributed by atoms with Gasteiger partial charge in [0.1, 0.15) is 5.69 Å². The Morgan fingerprint density at radius 2 is 2.21 bits per heavy atom. The quantitative estimate of drug-likeness (QED) is 0.847. The zero-order valence-corrected chi connectivity index (χ0v) is 14.2. The molecule has 1 amide bonds. The van der Waals surface area contributed by atoms with Gasteiger partial charge in [-0.2, -0.15) is 0 Å². The molecule has 0 bridgehead atoms. The van der Waals surface area contributed by atoms with E-state index < -0.39 is 0 Å². The molecule has 4 rings (SSSR count). The van der Waals surface area contributed by atoms with E-state index in [-0.39, 0.29) is 18.1 Å². The van der Waals surface area contributed by atoms with Gasteiger partial charge in [0, 0.05) is 44.0 Å². The summed E-state index contributed by atoms with van der Waals surface area (Å²) in [5.74, 6) is 0.0316. The summed E-state index contributed by atoms with van der Waals surface area (Å²) in [4.78, 5) is 25.2. The summed E-state index contributed by atoms with van der Waals surface area (Å²) in [5, 5.41) is 1.82. The highest BCUT2D eigenvalue weighted by molar-refractivity contribution is 7.07. The van der Waals surface area contributed by atoms with Crippen molar-refractivity contribution in [2.45, 2.75) is 25.1 Å². The van der Waals surface area contributed by atoms with Gasteiger partial charge in [-0.05, 0) is 24.1 Å². The third kappa shape index (κ3) is 3.19. The van der Waals surface area contributed by atoms with Crippen LogP contribution in [-0.2, 0) is 11.3 Å². The molecule has 2 aliphatic rings. The van der Waals surface area contributed by atoms with Crippen molar-refractivity contribution >= 4 is 17.2 Å². The van der Waals surface area contributed by atoms with Gasteiger partial charge in [0.05, 0.1) is 24.3 Å². The molecule has 4 heterocycles. The van der Waals surface area contributed by atoms with Crippen molar-refractivity contribution in [1.29, 1.82) is 0 Å². The molecule has 0 unspecified atom stereocenters.